The van der Waals surface area contributed by atoms with Crippen molar-refractivity contribution in [3.63, 3.8) is 0 Å². The van der Waals surface area contributed by atoms with Crippen LogP contribution in [0, 0.1) is 22.7 Å². The van der Waals surface area contributed by atoms with Crippen molar-refractivity contribution < 1.29 is 34.1 Å². The topological polar surface area (TPSA) is 122 Å². The largest absolute Gasteiger partial charge is 0.506 e. The molecule has 2 saturated heterocycles. The number of nitrogens with one attached hydrogen (secondary N) is 1. The maximum atomic E-state index is 13.1. The number of phenols is 2. The summed E-state index contributed by atoms with van der Waals surface area (Å²) in [6.07, 6.45) is 7.00. The van der Waals surface area contributed by atoms with Crippen molar-refractivity contribution in [3.05, 3.63) is 29.8 Å². The van der Waals surface area contributed by atoms with Crippen LogP contribution in [-0.2, 0) is 19.1 Å². The molecular formula is C25H29NO7. The first kappa shape index (κ1) is 21.9. The number of ether oxygens (including phenoxy) is 2. The Morgan fingerprint density at radius 2 is 2.03 bits per heavy atom. The molecule has 1 aromatic carbocycles. The number of ketones is 1. The van der Waals surface area contributed by atoms with Gasteiger partial charge in [-0.1, -0.05) is 13.0 Å². The highest BCUT2D eigenvalue weighted by Crippen LogP contribution is 2.71. The first-order chi connectivity index (χ1) is 15.5. The Balaban J connectivity index is 1.35. The van der Waals surface area contributed by atoms with Crippen LogP contribution >= 0.6 is 0 Å². The first-order valence-corrected chi connectivity index (χ1v) is 11.4. The zero-order valence-corrected chi connectivity index (χ0v) is 19.0. The molecule has 1 amide bonds. The normalized spacial score (nSPS) is 37.8. The van der Waals surface area contributed by atoms with Crippen molar-refractivity contribution in [1.82, 2.24) is 0 Å². The zero-order chi connectivity index (χ0) is 23.8. The molecule has 2 heterocycles. The highest BCUT2D eigenvalue weighted by Gasteiger charge is 2.71. The zero-order valence-electron chi connectivity index (χ0n) is 19.0. The van der Waals surface area contributed by atoms with E-state index in [9.17, 15) is 24.6 Å². The van der Waals surface area contributed by atoms with Crippen molar-refractivity contribution in [1.29, 1.82) is 0 Å². The minimum Gasteiger partial charge on any atom is -0.506 e. The minimum atomic E-state index is -0.792. The third-order valence-electron chi connectivity index (χ3n) is 8.61. The van der Waals surface area contributed by atoms with Crippen LogP contribution in [0.25, 0.3) is 0 Å². The summed E-state index contributed by atoms with van der Waals surface area (Å²) in [4.78, 5) is 37.7. The molecule has 176 valence electrons. The van der Waals surface area contributed by atoms with E-state index in [1.54, 1.807) is 6.08 Å². The first-order valence-electron chi connectivity index (χ1n) is 11.4. The predicted molar refractivity (Wildman–Crippen MR) is 118 cm³/mol. The third-order valence-corrected chi connectivity index (χ3v) is 8.61. The quantitative estimate of drug-likeness (QED) is 0.460. The fourth-order valence-corrected chi connectivity index (χ4v) is 7.19. The number of amides is 1. The van der Waals surface area contributed by atoms with Crippen LogP contribution < -0.4 is 5.32 Å². The third kappa shape index (κ3) is 3.03. The van der Waals surface area contributed by atoms with E-state index in [0.29, 0.717) is 12.3 Å². The van der Waals surface area contributed by atoms with E-state index in [1.165, 1.54) is 19.2 Å². The number of esters is 1. The lowest BCUT2D eigenvalue weighted by Crippen LogP contribution is -2.56. The van der Waals surface area contributed by atoms with Gasteiger partial charge in [0.25, 0.3) is 0 Å². The van der Waals surface area contributed by atoms with E-state index in [-0.39, 0.29) is 52.2 Å². The number of hydrogen-bond acceptors (Lipinski definition) is 7. The van der Waals surface area contributed by atoms with Crippen molar-refractivity contribution >= 4 is 23.3 Å². The maximum absolute atomic E-state index is 13.1. The number of carbonyl (C=O) groups is 3. The van der Waals surface area contributed by atoms with Gasteiger partial charge in [0, 0.05) is 17.8 Å². The monoisotopic (exact) mass is 455 g/mol. The summed E-state index contributed by atoms with van der Waals surface area (Å²) in [6.45, 7) is 4.11. The van der Waals surface area contributed by atoms with E-state index in [1.807, 2.05) is 6.92 Å². The smallest absolute Gasteiger partial charge is 0.341 e. The van der Waals surface area contributed by atoms with Crippen LogP contribution in [0.1, 0.15) is 56.3 Å². The minimum absolute atomic E-state index is 0.00635. The highest BCUT2D eigenvalue weighted by atomic mass is 16.5. The number of rotatable bonds is 5. The molecule has 6 atom stereocenters. The van der Waals surface area contributed by atoms with Crippen LogP contribution in [-0.4, -0.2) is 46.7 Å². The van der Waals surface area contributed by atoms with Crippen LogP contribution in [0.3, 0.4) is 0 Å². The summed E-state index contributed by atoms with van der Waals surface area (Å²) < 4.78 is 11.0. The van der Waals surface area contributed by atoms with Gasteiger partial charge in [0.1, 0.15) is 17.0 Å². The molecule has 0 aromatic heterocycles. The van der Waals surface area contributed by atoms with Gasteiger partial charge in [-0.25, -0.2) is 4.79 Å². The molecule has 1 aromatic rings. The molecule has 33 heavy (non-hydrogen) atoms. The number of methoxy groups -OCH3 is 1. The molecule has 0 radical (unpaired) electrons. The highest BCUT2D eigenvalue weighted by molar-refractivity contribution is 6.01. The number of carbonyl (C=O) groups excluding carboxylic acids is 3. The Bertz CT molecular complexity index is 1100. The molecule has 4 bridgehead atoms. The van der Waals surface area contributed by atoms with Gasteiger partial charge in [-0.2, -0.15) is 0 Å². The number of phenolic OH excluding ortho intramolecular Hbond substituents is 2. The Labute approximate surface area is 192 Å². The van der Waals surface area contributed by atoms with E-state index in [2.05, 4.69) is 23.1 Å². The van der Waals surface area contributed by atoms with E-state index in [4.69, 9.17) is 4.74 Å². The second-order valence-corrected chi connectivity index (χ2v) is 10.5. The summed E-state index contributed by atoms with van der Waals surface area (Å²) in [5.74, 6) is -1.67. The second kappa shape index (κ2) is 7.06. The number of hydrogen-bond donors (Lipinski definition) is 3. The molecular weight excluding hydrogens is 426 g/mol. The van der Waals surface area contributed by atoms with E-state index < -0.39 is 23.0 Å². The number of aromatic hydroxyl groups is 2. The lowest BCUT2D eigenvalue weighted by Gasteiger charge is -2.55. The molecule has 5 aliphatic rings. The average molecular weight is 456 g/mol. The molecule has 2 aliphatic heterocycles. The van der Waals surface area contributed by atoms with Crippen molar-refractivity contribution in [2.24, 2.45) is 22.7 Å². The van der Waals surface area contributed by atoms with Gasteiger partial charge in [0.2, 0.25) is 5.91 Å². The van der Waals surface area contributed by atoms with Gasteiger partial charge in [-0.3, -0.25) is 9.59 Å². The Morgan fingerprint density at radius 1 is 1.27 bits per heavy atom. The number of benzene rings is 1. The molecule has 3 aliphatic carbocycles. The van der Waals surface area contributed by atoms with E-state index >= 15 is 0 Å². The molecule has 8 nitrogen and oxygen atoms in total. The molecule has 8 heteroatoms. The van der Waals surface area contributed by atoms with Gasteiger partial charge in [-0.15, -0.1) is 0 Å². The van der Waals surface area contributed by atoms with Crippen LogP contribution in [0.15, 0.2) is 24.3 Å². The van der Waals surface area contributed by atoms with Crippen molar-refractivity contribution in [3.8, 4) is 11.5 Å². The second-order valence-electron chi connectivity index (χ2n) is 10.5. The summed E-state index contributed by atoms with van der Waals surface area (Å²) in [5.41, 5.74) is -1.36. The Kier molecular flexibility index (Phi) is 4.70. The van der Waals surface area contributed by atoms with Gasteiger partial charge in [0.05, 0.1) is 18.8 Å². The standard InChI is InChI=1S/C25H29NO7/c1-23(8-7-18(29)26-19-15(27)5-4-14(20(19)30)22(31)32-3)17(28)6-9-25-11-13-10-16(21(23)25)33-24(13,2)12-25/h4-6,9,13,16,21,27,30H,7-8,10-12H2,1-3H3,(H,26,29)/t13-,16+,21+,23-,24+,25+/m0/s1. The van der Waals surface area contributed by atoms with Crippen molar-refractivity contribution in [2.45, 2.75) is 57.7 Å². The SMILES string of the molecule is COC(=O)c1ccc(O)c(NC(=O)CC[C@@]2(C)C(=O)C=C[C@@]34C[C@@H]5C[C@@H](O[C@]5(C)C3)[C@@H]42)c1O. The molecule has 0 unspecified atom stereocenters. The molecule has 6 rings (SSSR count). The fraction of sp³-hybridized carbons (Fsp3) is 0.560. The predicted octanol–water partition coefficient (Wildman–Crippen LogP) is 3.32. The van der Waals surface area contributed by atoms with Crippen molar-refractivity contribution in [2.75, 3.05) is 12.4 Å². The maximum Gasteiger partial charge on any atom is 0.341 e. The summed E-state index contributed by atoms with van der Waals surface area (Å²) >= 11 is 0. The number of allylic oxidation sites excluding steroid dienone is 2. The van der Waals surface area contributed by atoms with Gasteiger partial charge in [0.15, 0.2) is 11.5 Å². The molecule has 1 spiro atoms. The van der Waals surface area contributed by atoms with Crippen LogP contribution in [0.2, 0.25) is 0 Å². The van der Waals surface area contributed by atoms with Crippen LogP contribution in [0.4, 0.5) is 5.69 Å². The summed E-state index contributed by atoms with van der Waals surface area (Å²) in [7, 11) is 1.17. The Morgan fingerprint density at radius 3 is 2.73 bits per heavy atom. The van der Waals surface area contributed by atoms with Gasteiger partial charge >= 0.3 is 5.97 Å². The molecule has 4 fully saturated rings. The van der Waals surface area contributed by atoms with E-state index in [0.717, 1.165) is 19.3 Å². The summed E-state index contributed by atoms with van der Waals surface area (Å²) in [6, 6.07) is 2.41. The number of anilines is 1. The molecule has 2 saturated carbocycles. The van der Waals surface area contributed by atoms with Gasteiger partial charge < -0.3 is 25.0 Å². The summed E-state index contributed by atoms with van der Waals surface area (Å²) in [5, 5.41) is 23.0. The average Bonchev–Trinajstić information content (AvgIpc) is 3.13. The fourth-order valence-electron chi connectivity index (χ4n) is 7.19. The van der Waals surface area contributed by atoms with Crippen LogP contribution in [0.5, 0.6) is 11.5 Å². The molecule has 3 N–H and O–H groups in total. The lowest BCUT2D eigenvalue weighted by molar-refractivity contribution is -0.169. The van der Waals surface area contributed by atoms with Gasteiger partial charge in [-0.05, 0) is 62.1 Å². The lowest BCUT2D eigenvalue weighted by atomic mass is 9.51. The Hall–Kier alpha value is -2.87.